The van der Waals surface area contributed by atoms with E-state index in [0.29, 0.717) is 17.9 Å². The molecule has 1 atom stereocenters. The molecule has 1 rings (SSSR count). The average molecular weight is 260 g/mol. The number of aliphatic carboxylic acids is 1. The molecule has 0 aliphatic heterocycles. The van der Waals surface area contributed by atoms with Crippen LogP contribution in [0.15, 0.2) is 5.38 Å². The van der Waals surface area contributed by atoms with Crippen molar-refractivity contribution in [2.24, 2.45) is 0 Å². The lowest BCUT2D eigenvalue weighted by atomic mass is 10.3. The molecule has 5 nitrogen and oxygen atoms in total. The van der Waals surface area contributed by atoms with Crippen LogP contribution in [0.1, 0.15) is 10.7 Å². The number of rotatable bonds is 7. The zero-order valence-corrected chi connectivity index (χ0v) is 10.3. The Kier molecular flexibility index (Phi) is 5.27. The van der Waals surface area contributed by atoms with Gasteiger partial charge in [-0.15, -0.1) is 11.3 Å². The lowest BCUT2D eigenvalue weighted by molar-refractivity contribution is -0.139. The lowest BCUT2D eigenvalue weighted by Crippen LogP contribution is -2.37. The van der Waals surface area contributed by atoms with Crippen molar-refractivity contribution in [1.29, 1.82) is 0 Å². The number of thiazole rings is 1. The molecule has 0 spiro atoms. The van der Waals surface area contributed by atoms with Gasteiger partial charge in [-0.25, -0.2) is 9.78 Å². The van der Waals surface area contributed by atoms with E-state index in [9.17, 15) is 9.59 Å². The van der Waals surface area contributed by atoms with Crippen LogP contribution in [0.5, 0.6) is 0 Å². The van der Waals surface area contributed by atoms with E-state index in [1.54, 1.807) is 11.3 Å². The Balaban J connectivity index is 2.33. The average Bonchev–Trinajstić information content (AvgIpc) is 2.63. The van der Waals surface area contributed by atoms with Crippen LogP contribution in [0, 0.1) is 6.92 Å². The van der Waals surface area contributed by atoms with Gasteiger partial charge in [-0.1, -0.05) is 0 Å². The van der Waals surface area contributed by atoms with Crippen molar-refractivity contribution in [2.75, 3.05) is 5.75 Å². The minimum absolute atomic E-state index is 0.338. The van der Waals surface area contributed by atoms with Crippen LogP contribution in [-0.2, 0) is 15.3 Å². The first-order valence-corrected chi connectivity index (χ1v) is 6.58. The van der Waals surface area contributed by atoms with Gasteiger partial charge in [0.05, 0.1) is 10.7 Å². The number of hydrogen-bond donors (Lipinski definition) is 2. The Morgan fingerprint density at radius 2 is 2.56 bits per heavy atom. The van der Waals surface area contributed by atoms with E-state index in [1.165, 1.54) is 11.8 Å². The Hall–Kier alpha value is -1.08. The van der Waals surface area contributed by atoms with Crippen LogP contribution in [0.25, 0.3) is 0 Å². The third-order valence-corrected chi connectivity index (χ3v) is 3.66. The predicted molar refractivity (Wildman–Crippen MR) is 63.6 cm³/mol. The molecule has 0 bridgehead atoms. The van der Waals surface area contributed by atoms with E-state index in [2.05, 4.69) is 10.3 Å². The number of carboxylic acid groups (broad SMARTS) is 1. The first kappa shape index (κ1) is 13.0. The van der Waals surface area contributed by atoms with Crippen LogP contribution in [0.2, 0.25) is 0 Å². The van der Waals surface area contributed by atoms with Crippen molar-refractivity contribution in [3.63, 3.8) is 0 Å². The van der Waals surface area contributed by atoms with E-state index in [-0.39, 0.29) is 0 Å². The monoisotopic (exact) mass is 260 g/mol. The lowest BCUT2D eigenvalue weighted by Gasteiger charge is -2.09. The first-order valence-electron chi connectivity index (χ1n) is 4.54. The summed E-state index contributed by atoms with van der Waals surface area (Å²) in [7, 11) is 0. The summed E-state index contributed by atoms with van der Waals surface area (Å²) in [6, 6.07) is -0.831. The predicted octanol–water partition coefficient (Wildman–Crippen LogP) is 0.884. The van der Waals surface area contributed by atoms with Gasteiger partial charge >= 0.3 is 5.97 Å². The van der Waals surface area contributed by atoms with Gasteiger partial charge < -0.3 is 10.4 Å². The number of hydrogen-bond acceptors (Lipinski definition) is 5. The molecule has 1 aromatic heterocycles. The molecule has 0 aromatic carbocycles. The Morgan fingerprint density at radius 3 is 3.06 bits per heavy atom. The zero-order chi connectivity index (χ0) is 12.0. The Bertz CT molecular complexity index is 367. The Morgan fingerprint density at radius 1 is 1.81 bits per heavy atom. The van der Waals surface area contributed by atoms with Gasteiger partial charge in [-0.2, -0.15) is 11.8 Å². The van der Waals surface area contributed by atoms with E-state index in [4.69, 9.17) is 5.11 Å². The molecule has 1 aromatic rings. The molecule has 88 valence electrons. The number of carboxylic acids is 1. The highest BCUT2D eigenvalue weighted by atomic mass is 32.2. The molecular weight excluding hydrogens is 248 g/mol. The number of aromatic nitrogens is 1. The van der Waals surface area contributed by atoms with Crippen molar-refractivity contribution in [1.82, 2.24) is 10.3 Å². The van der Waals surface area contributed by atoms with Gasteiger partial charge in [0.15, 0.2) is 0 Å². The fourth-order valence-electron chi connectivity index (χ4n) is 1.03. The third-order valence-electron chi connectivity index (χ3n) is 1.77. The van der Waals surface area contributed by atoms with E-state index in [0.717, 1.165) is 10.7 Å². The van der Waals surface area contributed by atoms with Crippen molar-refractivity contribution in [3.8, 4) is 0 Å². The number of nitrogens with zero attached hydrogens (tertiary/aromatic N) is 1. The van der Waals surface area contributed by atoms with Crippen molar-refractivity contribution in [3.05, 3.63) is 16.1 Å². The number of carbonyl (C=O) groups is 2. The van der Waals surface area contributed by atoms with E-state index >= 15 is 0 Å². The van der Waals surface area contributed by atoms with Crippen molar-refractivity contribution >= 4 is 35.5 Å². The molecule has 0 aliphatic rings. The second-order valence-corrected chi connectivity index (χ2v) is 5.14. The molecule has 16 heavy (non-hydrogen) atoms. The normalized spacial score (nSPS) is 12.1. The quantitative estimate of drug-likeness (QED) is 0.712. The highest BCUT2D eigenvalue weighted by molar-refractivity contribution is 7.98. The zero-order valence-electron chi connectivity index (χ0n) is 8.67. The minimum atomic E-state index is -1.02. The summed E-state index contributed by atoms with van der Waals surface area (Å²) in [5, 5.41) is 14.0. The van der Waals surface area contributed by atoms with Gasteiger partial charge in [0, 0.05) is 16.9 Å². The molecule has 7 heteroatoms. The summed E-state index contributed by atoms with van der Waals surface area (Å²) >= 11 is 3.01. The van der Waals surface area contributed by atoms with Gasteiger partial charge in [0.2, 0.25) is 6.41 Å². The highest BCUT2D eigenvalue weighted by Gasteiger charge is 2.15. The maximum Gasteiger partial charge on any atom is 0.327 e. The number of carbonyl (C=O) groups excluding carboxylic acids is 1. The van der Waals surface area contributed by atoms with Gasteiger partial charge in [-0.05, 0) is 6.92 Å². The first-order chi connectivity index (χ1) is 7.63. The fourth-order valence-corrected chi connectivity index (χ4v) is 2.70. The number of amides is 1. The van der Waals surface area contributed by atoms with E-state index < -0.39 is 12.0 Å². The standard InChI is InChI=1S/C9H12N2O3S2/c1-6-11-7(3-16-6)2-15-4-8(9(13)14)10-5-12/h3,5,8H,2,4H2,1H3,(H,10,12)(H,13,14). The summed E-state index contributed by atoms with van der Waals surface area (Å²) < 4.78 is 0. The molecule has 1 amide bonds. The summed E-state index contributed by atoms with van der Waals surface area (Å²) in [5.41, 5.74) is 0.947. The van der Waals surface area contributed by atoms with Crippen LogP contribution in [0.3, 0.4) is 0 Å². The minimum Gasteiger partial charge on any atom is -0.480 e. The fraction of sp³-hybridized carbons (Fsp3) is 0.444. The number of nitrogens with one attached hydrogen (secondary N) is 1. The van der Waals surface area contributed by atoms with Crippen molar-refractivity contribution in [2.45, 2.75) is 18.7 Å². The highest BCUT2D eigenvalue weighted by Crippen LogP contribution is 2.15. The van der Waals surface area contributed by atoms with Crippen LogP contribution < -0.4 is 5.32 Å². The molecule has 0 aliphatic carbocycles. The molecule has 0 fully saturated rings. The second kappa shape index (κ2) is 6.49. The van der Waals surface area contributed by atoms with Crippen LogP contribution in [-0.4, -0.2) is 34.3 Å². The van der Waals surface area contributed by atoms with Gasteiger partial charge in [0.25, 0.3) is 0 Å². The van der Waals surface area contributed by atoms with Crippen LogP contribution >= 0.6 is 23.1 Å². The maximum atomic E-state index is 10.7. The van der Waals surface area contributed by atoms with E-state index in [1.807, 2.05) is 12.3 Å². The molecular formula is C9H12N2O3S2. The van der Waals surface area contributed by atoms with Gasteiger partial charge in [-0.3, -0.25) is 4.79 Å². The van der Waals surface area contributed by atoms with Crippen molar-refractivity contribution < 1.29 is 14.7 Å². The third kappa shape index (κ3) is 4.19. The second-order valence-electron chi connectivity index (χ2n) is 3.05. The van der Waals surface area contributed by atoms with Crippen LogP contribution in [0.4, 0.5) is 0 Å². The Labute approximate surface area is 101 Å². The number of aryl methyl sites for hydroxylation is 1. The molecule has 0 radical (unpaired) electrons. The summed E-state index contributed by atoms with van der Waals surface area (Å²) in [6.07, 6.45) is 0.409. The molecule has 1 heterocycles. The number of thioether (sulfide) groups is 1. The summed E-state index contributed by atoms with van der Waals surface area (Å²) in [4.78, 5) is 25.1. The summed E-state index contributed by atoms with van der Waals surface area (Å²) in [5.74, 6) is -0.0201. The summed E-state index contributed by atoms with van der Waals surface area (Å²) in [6.45, 7) is 1.92. The molecule has 0 saturated carbocycles. The molecule has 2 N–H and O–H groups in total. The maximum absolute atomic E-state index is 10.7. The topological polar surface area (TPSA) is 79.3 Å². The smallest absolute Gasteiger partial charge is 0.327 e. The largest absolute Gasteiger partial charge is 0.480 e. The molecule has 0 saturated heterocycles. The SMILES string of the molecule is Cc1nc(CSCC(NC=O)C(=O)O)cs1. The molecule has 1 unspecified atom stereocenters. The van der Waals surface area contributed by atoms with Gasteiger partial charge in [0.1, 0.15) is 6.04 Å².